The van der Waals surface area contributed by atoms with E-state index in [4.69, 9.17) is 27.4 Å². The summed E-state index contributed by atoms with van der Waals surface area (Å²) in [5.74, 6) is -2.10. The highest BCUT2D eigenvalue weighted by Gasteiger charge is 2.38. The summed E-state index contributed by atoms with van der Waals surface area (Å²) < 4.78 is 10.4. The average molecular weight is 395 g/mol. The van der Waals surface area contributed by atoms with Crippen LogP contribution in [-0.2, 0) is 14.4 Å². The van der Waals surface area contributed by atoms with Crippen LogP contribution in [0.5, 0.6) is 11.5 Å². The maximum atomic E-state index is 12.6. The fourth-order valence-electron chi connectivity index (χ4n) is 2.30. The first-order chi connectivity index (χ1) is 12.3. The zero-order chi connectivity index (χ0) is 19.4. The van der Waals surface area contributed by atoms with Crippen molar-refractivity contribution in [3.05, 3.63) is 28.7 Å². The molecule has 1 fully saturated rings. The Morgan fingerprint density at radius 1 is 1.38 bits per heavy atom. The monoisotopic (exact) mass is 395 g/mol. The van der Waals surface area contributed by atoms with Crippen LogP contribution >= 0.6 is 24.0 Å². The topological polar surface area (TPSA) is 122 Å². The molecule has 1 aromatic carbocycles. The van der Waals surface area contributed by atoms with Gasteiger partial charge in [-0.05, 0) is 18.2 Å². The number of methoxy groups -OCH3 is 2. The molecule has 2 N–H and O–H groups in total. The summed E-state index contributed by atoms with van der Waals surface area (Å²) in [6.45, 7) is 0. The van der Waals surface area contributed by atoms with Gasteiger partial charge in [0.25, 0.3) is 5.91 Å². The van der Waals surface area contributed by atoms with Crippen LogP contribution in [0.3, 0.4) is 0 Å². The number of carbonyl (C=O) groups excluding carboxylic acids is 3. The Labute approximate surface area is 158 Å². The van der Waals surface area contributed by atoms with Crippen LogP contribution in [0.1, 0.15) is 12.0 Å². The number of hydrogen-bond donors (Lipinski definition) is 1. The van der Waals surface area contributed by atoms with Gasteiger partial charge >= 0.3 is 0 Å². The number of hydrogen-bond acceptors (Lipinski definition) is 8. The number of carboxylic acids is 1. The van der Waals surface area contributed by atoms with Crippen molar-refractivity contribution in [2.75, 3.05) is 14.2 Å². The number of benzene rings is 1. The van der Waals surface area contributed by atoms with Crippen LogP contribution in [0.2, 0.25) is 0 Å². The van der Waals surface area contributed by atoms with Gasteiger partial charge < -0.3 is 25.1 Å². The smallest absolute Gasteiger partial charge is 0.266 e. The molecule has 0 aliphatic carbocycles. The molecule has 1 aliphatic rings. The van der Waals surface area contributed by atoms with Crippen LogP contribution in [0.15, 0.2) is 23.1 Å². The minimum absolute atomic E-state index is 0.00387. The molecule has 1 heterocycles. The molecule has 0 spiro atoms. The molecule has 1 aromatic rings. The Morgan fingerprint density at radius 2 is 2.08 bits per heavy atom. The van der Waals surface area contributed by atoms with Gasteiger partial charge in [-0.25, -0.2) is 0 Å². The number of primary amides is 1. The van der Waals surface area contributed by atoms with E-state index >= 15 is 0 Å². The molecular formula is C16H15N2O6S2-. The van der Waals surface area contributed by atoms with E-state index in [1.807, 2.05) is 0 Å². The van der Waals surface area contributed by atoms with Crippen molar-refractivity contribution in [2.45, 2.75) is 12.5 Å². The molecule has 138 valence electrons. The lowest BCUT2D eigenvalue weighted by Crippen LogP contribution is -2.51. The molecule has 0 saturated carbocycles. The molecule has 0 bridgehead atoms. The normalized spacial score (nSPS) is 16.7. The molecule has 0 aromatic heterocycles. The van der Waals surface area contributed by atoms with Crippen molar-refractivity contribution in [3.63, 3.8) is 0 Å². The van der Waals surface area contributed by atoms with E-state index in [-0.39, 0.29) is 9.23 Å². The summed E-state index contributed by atoms with van der Waals surface area (Å²) in [6.07, 6.45) is 0.933. The number of nitrogens with two attached hydrogens (primary N) is 1. The number of thiocarbonyl (C=S) groups is 1. The number of aliphatic carboxylic acids is 1. The summed E-state index contributed by atoms with van der Waals surface area (Å²) in [5, 5.41) is 11.3. The first kappa shape index (κ1) is 19.7. The second-order valence-corrected chi connectivity index (χ2v) is 6.84. The summed E-state index contributed by atoms with van der Waals surface area (Å²) in [6, 6.07) is 3.46. The minimum atomic E-state index is -1.61. The maximum Gasteiger partial charge on any atom is 0.266 e. The Hall–Kier alpha value is -2.59. The SMILES string of the molecule is COc1ccc(C=C2SC(=S)N(C(CC(N)=O)C(=O)[O-])C2=O)c(OC)c1. The van der Waals surface area contributed by atoms with Crippen LogP contribution in [0.25, 0.3) is 6.08 Å². The van der Waals surface area contributed by atoms with Crippen molar-refractivity contribution in [1.29, 1.82) is 0 Å². The minimum Gasteiger partial charge on any atom is -0.548 e. The van der Waals surface area contributed by atoms with Gasteiger partial charge in [-0.3, -0.25) is 14.5 Å². The van der Waals surface area contributed by atoms with Crippen LogP contribution in [0.4, 0.5) is 0 Å². The molecular weight excluding hydrogens is 380 g/mol. The van der Waals surface area contributed by atoms with Crippen LogP contribution in [-0.4, -0.2) is 47.3 Å². The summed E-state index contributed by atoms with van der Waals surface area (Å²) in [4.78, 5) is 36.1. The predicted octanol–water partition coefficient (Wildman–Crippen LogP) is -0.101. The fraction of sp³-hybridized carbons (Fsp3) is 0.250. The highest BCUT2D eigenvalue weighted by atomic mass is 32.2. The number of rotatable bonds is 7. The third-order valence-electron chi connectivity index (χ3n) is 3.53. The maximum absolute atomic E-state index is 12.6. The Kier molecular flexibility index (Phi) is 6.22. The van der Waals surface area contributed by atoms with Gasteiger partial charge in [0, 0.05) is 11.6 Å². The summed E-state index contributed by atoms with van der Waals surface area (Å²) in [7, 11) is 2.98. The number of carboxylic acid groups (broad SMARTS) is 1. The molecule has 0 radical (unpaired) electrons. The summed E-state index contributed by atoms with van der Waals surface area (Å²) >= 11 is 6.01. The molecule has 1 atom stereocenters. The van der Waals surface area contributed by atoms with Crippen molar-refractivity contribution >= 4 is 52.2 Å². The zero-order valence-electron chi connectivity index (χ0n) is 13.9. The number of nitrogens with zero attached hydrogens (tertiary/aromatic N) is 1. The third kappa shape index (κ3) is 4.14. The Balaban J connectivity index is 2.37. The Bertz CT molecular complexity index is 808. The van der Waals surface area contributed by atoms with Gasteiger partial charge in [0.05, 0.1) is 37.6 Å². The van der Waals surface area contributed by atoms with Gasteiger partial charge in [0.1, 0.15) is 15.8 Å². The number of thioether (sulfide) groups is 1. The van der Waals surface area contributed by atoms with Gasteiger partial charge in [0.15, 0.2) is 0 Å². The van der Waals surface area contributed by atoms with Crippen LogP contribution in [0, 0.1) is 0 Å². The second kappa shape index (κ2) is 8.19. The first-order valence-electron chi connectivity index (χ1n) is 7.26. The Morgan fingerprint density at radius 3 is 2.62 bits per heavy atom. The second-order valence-electron chi connectivity index (χ2n) is 5.16. The van der Waals surface area contributed by atoms with E-state index in [9.17, 15) is 19.5 Å². The largest absolute Gasteiger partial charge is 0.548 e. The molecule has 2 amide bonds. The van der Waals surface area contributed by atoms with Crippen molar-refractivity contribution in [2.24, 2.45) is 5.73 Å². The number of ether oxygens (including phenoxy) is 2. The van der Waals surface area contributed by atoms with Gasteiger partial charge in [-0.2, -0.15) is 0 Å². The van der Waals surface area contributed by atoms with Gasteiger partial charge in [-0.15, -0.1) is 0 Å². The summed E-state index contributed by atoms with van der Waals surface area (Å²) in [5.41, 5.74) is 5.63. The third-order valence-corrected chi connectivity index (χ3v) is 4.86. The van der Waals surface area contributed by atoms with Crippen molar-refractivity contribution in [3.8, 4) is 11.5 Å². The standard InChI is InChI=1S/C16H16N2O6S2/c1-23-9-4-3-8(11(6-9)24-2)5-12-14(20)18(16(25)26-12)10(15(21)22)7-13(17)19/h3-6,10H,7H2,1-2H3,(H2,17,19)(H,21,22)/p-1. The lowest BCUT2D eigenvalue weighted by molar-refractivity contribution is -0.310. The predicted molar refractivity (Wildman–Crippen MR) is 97.2 cm³/mol. The van der Waals surface area contributed by atoms with Crippen molar-refractivity contribution < 1.29 is 29.0 Å². The molecule has 1 saturated heterocycles. The molecule has 1 unspecified atom stereocenters. The van der Waals surface area contributed by atoms with Gasteiger partial charge in [0.2, 0.25) is 5.91 Å². The lowest BCUT2D eigenvalue weighted by Gasteiger charge is -2.26. The number of carbonyl (C=O) groups is 3. The zero-order valence-corrected chi connectivity index (χ0v) is 15.5. The van der Waals surface area contributed by atoms with E-state index in [2.05, 4.69) is 0 Å². The van der Waals surface area contributed by atoms with E-state index < -0.39 is 30.2 Å². The van der Waals surface area contributed by atoms with Crippen LogP contribution < -0.4 is 20.3 Å². The molecule has 1 aliphatic heterocycles. The highest BCUT2D eigenvalue weighted by Crippen LogP contribution is 2.36. The molecule has 2 rings (SSSR count). The fourth-order valence-corrected chi connectivity index (χ4v) is 3.65. The average Bonchev–Trinajstić information content (AvgIpc) is 2.86. The van der Waals surface area contributed by atoms with E-state index in [1.165, 1.54) is 20.3 Å². The quantitative estimate of drug-likeness (QED) is 0.502. The highest BCUT2D eigenvalue weighted by molar-refractivity contribution is 8.26. The number of amides is 2. The molecule has 8 nitrogen and oxygen atoms in total. The molecule has 26 heavy (non-hydrogen) atoms. The van der Waals surface area contributed by atoms with E-state index in [0.29, 0.717) is 17.1 Å². The lowest BCUT2D eigenvalue weighted by atomic mass is 10.1. The van der Waals surface area contributed by atoms with Gasteiger partial charge in [-0.1, -0.05) is 24.0 Å². The van der Waals surface area contributed by atoms with E-state index in [1.54, 1.807) is 18.2 Å². The molecule has 10 heteroatoms. The van der Waals surface area contributed by atoms with Crippen molar-refractivity contribution in [1.82, 2.24) is 4.90 Å². The van der Waals surface area contributed by atoms with E-state index in [0.717, 1.165) is 16.7 Å². The first-order valence-corrected chi connectivity index (χ1v) is 8.49.